The van der Waals surface area contributed by atoms with Gasteiger partial charge >= 0.3 is 0 Å². The topological polar surface area (TPSA) is 49.7 Å². The first-order valence-corrected chi connectivity index (χ1v) is 6.54. The molecule has 0 radical (unpaired) electrons. The molecule has 2 aromatic rings. The van der Waals surface area contributed by atoms with Crippen LogP contribution in [-0.4, -0.2) is 17.3 Å². The molecular formula is C17H20O3. The van der Waals surface area contributed by atoms with E-state index in [1.54, 1.807) is 38.3 Å². The van der Waals surface area contributed by atoms with Crippen LogP contribution in [0.3, 0.4) is 0 Å². The van der Waals surface area contributed by atoms with Crippen LogP contribution in [0.5, 0.6) is 11.5 Å². The zero-order valence-electron chi connectivity index (χ0n) is 12.3. The zero-order chi connectivity index (χ0) is 14.9. The predicted molar refractivity (Wildman–Crippen MR) is 79.2 cm³/mol. The van der Waals surface area contributed by atoms with E-state index in [0.717, 1.165) is 11.1 Å². The first-order chi connectivity index (χ1) is 9.37. The first kappa shape index (κ1) is 14.4. The van der Waals surface area contributed by atoms with Gasteiger partial charge in [0.05, 0.1) is 7.11 Å². The lowest BCUT2D eigenvalue weighted by atomic mass is 9.85. The second kappa shape index (κ2) is 5.17. The summed E-state index contributed by atoms with van der Waals surface area (Å²) in [5, 5.41) is 20.3. The van der Waals surface area contributed by atoms with Crippen molar-refractivity contribution >= 4 is 0 Å². The van der Waals surface area contributed by atoms with E-state index in [4.69, 9.17) is 4.74 Å². The largest absolute Gasteiger partial charge is 0.508 e. The molecule has 0 amide bonds. The molecule has 2 aromatic carbocycles. The Bertz CT molecular complexity index is 613. The molecule has 2 N–H and O–H groups in total. The first-order valence-electron chi connectivity index (χ1n) is 6.54. The molecule has 2 rings (SSSR count). The third-order valence-corrected chi connectivity index (χ3v) is 3.83. The third-order valence-electron chi connectivity index (χ3n) is 3.83. The smallest absolute Gasteiger partial charge is 0.128 e. The molecule has 1 atom stereocenters. The lowest BCUT2D eigenvalue weighted by molar-refractivity contribution is 0.0987. The molecule has 0 aliphatic heterocycles. The van der Waals surface area contributed by atoms with Crippen LogP contribution in [0.25, 0.3) is 0 Å². The van der Waals surface area contributed by atoms with E-state index in [1.807, 2.05) is 26.0 Å². The normalized spacial score (nSPS) is 13.8. The van der Waals surface area contributed by atoms with E-state index in [1.165, 1.54) is 0 Å². The second-order valence-corrected chi connectivity index (χ2v) is 5.21. The Hall–Kier alpha value is -2.00. The highest BCUT2D eigenvalue weighted by molar-refractivity contribution is 5.51. The number of phenolic OH excluding ortho intramolecular Hbond substituents is 1. The summed E-state index contributed by atoms with van der Waals surface area (Å²) in [6, 6.07) is 10.4. The van der Waals surface area contributed by atoms with Gasteiger partial charge in [0.1, 0.15) is 17.1 Å². The maximum atomic E-state index is 10.9. The Morgan fingerprint density at radius 2 is 1.60 bits per heavy atom. The minimum absolute atomic E-state index is 0.177. The minimum Gasteiger partial charge on any atom is -0.508 e. The Balaban J connectivity index is 2.59. The van der Waals surface area contributed by atoms with Gasteiger partial charge in [-0.1, -0.05) is 24.3 Å². The Morgan fingerprint density at radius 1 is 1.00 bits per heavy atom. The zero-order valence-corrected chi connectivity index (χ0v) is 12.3. The molecule has 0 heterocycles. The second-order valence-electron chi connectivity index (χ2n) is 5.21. The number of ether oxygens (including phenoxy) is 1. The molecule has 3 nitrogen and oxygen atoms in total. The summed E-state index contributed by atoms with van der Waals surface area (Å²) in [4.78, 5) is 0. The number of aromatic hydroxyl groups is 1. The summed E-state index contributed by atoms with van der Waals surface area (Å²) in [6.45, 7) is 5.72. The van der Waals surface area contributed by atoms with Gasteiger partial charge in [-0.05, 0) is 49.6 Å². The minimum atomic E-state index is -1.18. The van der Waals surface area contributed by atoms with Crippen molar-refractivity contribution in [3.8, 4) is 11.5 Å². The molecule has 106 valence electrons. The number of benzene rings is 2. The molecule has 0 fully saturated rings. The molecule has 0 spiro atoms. The van der Waals surface area contributed by atoms with Crippen LogP contribution in [0.15, 0.2) is 36.4 Å². The van der Waals surface area contributed by atoms with Gasteiger partial charge < -0.3 is 14.9 Å². The van der Waals surface area contributed by atoms with Crippen LogP contribution < -0.4 is 4.74 Å². The van der Waals surface area contributed by atoms with Crippen molar-refractivity contribution in [3.05, 3.63) is 58.7 Å². The van der Waals surface area contributed by atoms with Gasteiger partial charge in [0, 0.05) is 5.56 Å². The van der Waals surface area contributed by atoms with Gasteiger partial charge in [-0.3, -0.25) is 0 Å². The van der Waals surface area contributed by atoms with Gasteiger partial charge in [0.15, 0.2) is 0 Å². The number of rotatable bonds is 3. The van der Waals surface area contributed by atoms with Gasteiger partial charge in [0.25, 0.3) is 0 Å². The van der Waals surface area contributed by atoms with E-state index >= 15 is 0 Å². The maximum absolute atomic E-state index is 10.9. The van der Waals surface area contributed by atoms with E-state index in [9.17, 15) is 10.2 Å². The van der Waals surface area contributed by atoms with Crippen molar-refractivity contribution in [2.75, 3.05) is 7.11 Å². The van der Waals surface area contributed by atoms with Crippen molar-refractivity contribution in [3.63, 3.8) is 0 Å². The molecule has 1 unspecified atom stereocenters. The van der Waals surface area contributed by atoms with Crippen LogP contribution in [0.2, 0.25) is 0 Å². The van der Waals surface area contributed by atoms with Crippen LogP contribution in [-0.2, 0) is 5.60 Å². The van der Waals surface area contributed by atoms with E-state index in [2.05, 4.69) is 0 Å². The summed E-state index contributed by atoms with van der Waals surface area (Å²) >= 11 is 0. The summed E-state index contributed by atoms with van der Waals surface area (Å²) in [6.07, 6.45) is 0. The predicted octanol–water partition coefficient (Wildman–Crippen LogP) is 3.27. The molecule has 0 saturated carbocycles. The number of hydrogen-bond donors (Lipinski definition) is 2. The lowest BCUT2D eigenvalue weighted by Crippen LogP contribution is -2.24. The lowest BCUT2D eigenvalue weighted by Gasteiger charge is -2.27. The van der Waals surface area contributed by atoms with Gasteiger partial charge in [-0.2, -0.15) is 0 Å². The van der Waals surface area contributed by atoms with E-state index in [-0.39, 0.29) is 5.75 Å². The van der Waals surface area contributed by atoms with Gasteiger partial charge in [-0.15, -0.1) is 0 Å². The van der Waals surface area contributed by atoms with Crippen molar-refractivity contribution < 1.29 is 14.9 Å². The Morgan fingerprint density at radius 3 is 2.15 bits per heavy atom. The third kappa shape index (κ3) is 2.37. The highest BCUT2D eigenvalue weighted by atomic mass is 16.5. The van der Waals surface area contributed by atoms with E-state index < -0.39 is 5.60 Å². The molecule has 0 aromatic heterocycles. The van der Waals surface area contributed by atoms with E-state index in [0.29, 0.717) is 16.9 Å². The highest BCUT2D eigenvalue weighted by Gasteiger charge is 2.30. The average Bonchev–Trinajstić information content (AvgIpc) is 2.42. The van der Waals surface area contributed by atoms with Crippen LogP contribution in [0, 0.1) is 13.8 Å². The monoisotopic (exact) mass is 272 g/mol. The molecular weight excluding hydrogens is 252 g/mol. The van der Waals surface area contributed by atoms with Crippen LogP contribution in [0.4, 0.5) is 0 Å². The average molecular weight is 272 g/mol. The Labute approximate surface area is 119 Å². The molecule has 3 heteroatoms. The molecule has 0 aliphatic carbocycles. The van der Waals surface area contributed by atoms with Crippen LogP contribution >= 0.6 is 0 Å². The molecule has 0 aliphatic rings. The fraction of sp³-hybridized carbons (Fsp3) is 0.294. The van der Waals surface area contributed by atoms with Crippen molar-refractivity contribution in [2.24, 2.45) is 0 Å². The quantitative estimate of drug-likeness (QED) is 0.901. The Kier molecular flexibility index (Phi) is 3.73. The number of hydrogen-bond acceptors (Lipinski definition) is 3. The maximum Gasteiger partial charge on any atom is 0.128 e. The molecule has 20 heavy (non-hydrogen) atoms. The fourth-order valence-corrected chi connectivity index (χ4v) is 2.38. The van der Waals surface area contributed by atoms with Gasteiger partial charge in [-0.25, -0.2) is 0 Å². The van der Waals surface area contributed by atoms with Crippen molar-refractivity contribution in [1.29, 1.82) is 0 Å². The summed E-state index contributed by atoms with van der Waals surface area (Å²) in [5.74, 6) is 0.875. The molecule has 0 saturated heterocycles. The van der Waals surface area contributed by atoms with Crippen molar-refractivity contribution in [1.82, 2.24) is 0 Å². The molecule has 0 bridgehead atoms. The summed E-state index contributed by atoms with van der Waals surface area (Å²) in [7, 11) is 1.61. The van der Waals surface area contributed by atoms with Crippen molar-refractivity contribution in [2.45, 2.75) is 26.4 Å². The SMILES string of the molecule is COc1c(C(C)(O)c2ccc(O)cc2)ccc(C)c1C. The van der Waals surface area contributed by atoms with Crippen LogP contribution in [0.1, 0.15) is 29.2 Å². The number of aryl methyl sites for hydroxylation is 1. The highest BCUT2D eigenvalue weighted by Crippen LogP contribution is 2.38. The standard InChI is InChI=1S/C17H20O3/c1-11-5-10-15(16(20-4)12(11)2)17(3,19)13-6-8-14(18)9-7-13/h5-10,18-19H,1-4H3. The fourth-order valence-electron chi connectivity index (χ4n) is 2.38. The summed E-state index contributed by atoms with van der Waals surface area (Å²) in [5.41, 5.74) is 2.37. The number of phenols is 1. The number of methoxy groups -OCH3 is 1. The number of aliphatic hydroxyl groups is 1. The van der Waals surface area contributed by atoms with Gasteiger partial charge in [0.2, 0.25) is 0 Å². The summed E-state index contributed by atoms with van der Waals surface area (Å²) < 4.78 is 5.48.